The first-order valence-electron chi connectivity index (χ1n) is 7.73. The number of hydrogen-bond acceptors (Lipinski definition) is 6. The van der Waals surface area contributed by atoms with Crippen LogP contribution < -0.4 is 10.9 Å². The van der Waals surface area contributed by atoms with E-state index in [4.69, 9.17) is 0 Å². The van der Waals surface area contributed by atoms with Crippen molar-refractivity contribution in [3.05, 3.63) is 28.7 Å². The monoisotopic (exact) mass is 315 g/mol. The van der Waals surface area contributed by atoms with Crippen molar-refractivity contribution in [1.82, 2.24) is 29.2 Å². The first-order valence-corrected chi connectivity index (χ1v) is 7.73. The topological polar surface area (TPSA) is 91.2 Å². The number of aryl methyl sites for hydroxylation is 1. The minimum absolute atomic E-state index is 0.184. The van der Waals surface area contributed by atoms with E-state index in [0.717, 1.165) is 31.8 Å². The SMILES string of the molecule is CCc1ncc2c(=O)[nH]c3c(NCCCN(C)C)ncnc3n12. The van der Waals surface area contributed by atoms with E-state index in [2.05, 4.69) is 30.2 Å². The van der Waals surface area contributed by atoms with Crippen LogP contribution in [0.1, 0.15) is 19.2 Å². The van der Waals surface area contributed by atoms with Crippen molar-refractivity contribution in [2.45, 2.75) is 19.8 Å². The van der Waals surface area contributed by atoms with Crippen molar-refractivity contribution >= 4 is 22.5 Å². The molecule has 0 radical (unpaired) electrons. The fraction of sp³-hybridized carbons (Fsp3) is 0.467. The number of rotatable bonds is 6. The molecule has 3 heterocycles. The van der Waals surface area contributed by atoms with Gasteiger partial charge in [-0.15, -0.1) is 0 Å². The fourth-order valence-electron chi connectivity index (χ4n) is 2.61. The molecule has 0 fully saturated rings. The molecule has 0 saturated heterocycles. The number of aromatic amines is 1. The van der Waals surface area contributed by atoms with Gasteiger partial charge in [-0.2, -0.15) is 0 Å². The van der Waals surface area contributed by atoms with E-state index in [9.17, 15) is 4.79 Å². The molecule has 122 valence electrons. The number of H-pyrrole nitrogens is 1. The number of hydrogen-bond donors (Lipinski definition) is 2. The molecular weight excluding hydrogens is 294 g/mol. The summed E-state index contributed by atoms with van der Waals surface area (Å²) in [5.41, 5.74) is 1.60. The minimum Gasteiger partial charge on any atom is -0.368 e. The van der Waals surface area contributed by atoms with Crippen LogP contribution in [0.2, 0.25) is 0 Å². The van der Waals surface area contributed by atoms with E-state index in [0.29, 0.717) is 22.5 Å². The second-order valence-corrected chi connectivity index (χ2v) is 5.71. The van der Waals surface area contributed by atoms with Crippen molar-refractivity contribution in [3.63, 3.8) is 0 Å². The number of nitrogens with zero attached hydrogens (tertiary/aromatic N) is 5. The molecule has 3 rings (SSSR count). The smallest absolute Gasteiger partial charge is 0.274 e. The third kappa shape index (κ3) is 2.89. The second-order valence-electron chi connectivity index (χ2n) is 5.71. The number of fused-ring (bicyclic) bond motifs is 3. The maximum Gasteiger partial charge on any atom is 0.274 e. The summed E-state index contributed by atoms with van der Waals surface area (Å²) >= 11 is 0. The Labute approximate surface area is 133 Å². The summed E-state index contributed by atoms with van der Waals surface area (Å²) in [7, 11) is 4.08. The molecule has 2 N–H and O–H groups in total. The van der Waals surface area contributed by atoms with E-state index < -0.39 is 0 Å². The number of aromatic nitrogens is 5. The van der Waals surface area contributed by atoms with Crippen LogP contribution in [0, 0.1) is 0 Å². The van der Waals surface area contributed by atoms with E-state index in [-0.39, 0.29) is 5.56 Å². The lowest BCUT2D eigenvalue weighted by Crippen LogP contribution is -2.18. The maximum atomic E-state index is 12.3. The first-order chi connectivity index (χ1) is 11.1. The van der Waals surface area contributed by atoms with Gasteiger partial charge >= 0.3 is 0 Å². The van der Waals surface area contributed by atoms with E-state index in [1.54, 1.807) is 10.6 Å². The van der Waals surface area contributed by atoms with Gasteiger partial charge in [-0.3, -0.25) is 9.20 Å². The molecule has 0 aliphatic carbocycles. The molecule has 0 aliphatic heterocycles. The third-order valence-electron chi connectivity index (χ3n) is 3.74. The quantitative estimate of drug-likeness (QED) is 0.657. The molecule has 0 bridgehead atoms. The summed E-state index contributed by atoms with van der Waals surface area (Å²) in [5.74, 6) is 1.46. The van der Waals surface area contributed by atoms with E-state index in [1.807, 2.05) is 21.0 Å². The zero-order valence-electron chi connectivity index (χ0n) is 13.6. The highest BCUT2D eigenvalue weighted by Crippen LogP contribution is 2.17. The van der Waals surface area contributed by atoms with Crippen molar-refractivity contribution in [3.8, 4) is 0 Å². The lowest BCUT2D eigenvalue weighted by atomic mass is 10.3. The summed E-state index contributed by atoms with van der Waals surface area (Å²) in [5, 5.41) is 3.28. The number of anilines is 1. The molecule has 0 aliphatic rings. The van der Waals surface area contributed by atoms with Gasteiger partial charge < -0.3 is 15.2 Å². The highest BCUT2D eigenvalue weighted by atomic mass is 16.1. The van der Waals surface area contributed by atoms with Crippen molar-refractivity contribution in [2.75, 3.05) is 32.5 Å². The summed E-state index contributed by atoms with van der Waals surface area (Å²) in [6, 6.07) is 0. The van der Waals surface area contributed by atoms with Crippen LogP contribution in [0.15, 0.2) is 17.3 Å². The van der Waals surface area contributed by atoms with E-state index in [1.165, 1.54) is 6.33 Å². The van der Waals surface area contributed by atoms with Crippen LogP contribution in [0.25, 0.3) is 16.7 Å². The molecule has 3 aromatic heterocycles. The largest absolute Gasteiger partial charge is 0.368 e. The Morgan fingerprint density at radius 2 is 2.13 bits per heavy atom. The molecule has 8 nitrogen and oxygen atoms in total. The van der Waals surface area contributed by atoms with Crippen LogP contribution >= 0.6 is 0 Å². The zero-order valence-corrected chi connectivity index (χ0v) is 13.6. The van der Waals surface area contributed by atoms with Crippen molar-refractivity contribution < 1.29 is 0 Å². The Balaban J connectivity index is 2.03. The van der Waals surface area contributed by atoms with Crippen LogP contribution in [-0.2, 0) is 6.42 Å². The van der Waals surface area contributed by atoms with Gasteiger partial charge in [-0.25, -0.2) is 15.0 Å². The predicted octanol–water partition coefficient (Wildman–Crippen LogP) is 0.892. The van der Waals surface area contributed by atoms with Crippen LogP contribution in [0.5, 0.6) is 0 Å². The molecule has 23 heavy (non-hydrogen) atoms. The summed E-state index contributed by atoms with van der Waals surface area (Å²) in [6.45, 7) is 3.76. The van der Waals surface area contributed by atoms with Crippen LogP contribution in [-0.4, -0.2) is 56.4 Å². The summed E-state index contributed by atoms with van der Waals surface area (Å²) in [4.78, 5) is 30.2. The van der Waals surface area contributed by atoms with Gasteiger partial charge in [0, 0.05) is 13.0 Å². The normalized spacial score (nSPS) is 11.7. The molecule has 0 unspecified atom stereocenters. The van der Waals surface area contributed by atoms with E-state index >= 15 is 0 Å². The standard InChI is InChI=1S/C15H21N7O/c1-4-11-17-8-10-15(23)20-12-13(16-6-5-7-21(2)3)18-9-19-14(12)22(10)11/h8-9H,4-7H2,1-3H3,(H,20,23)(H,16,18,19). The third-order valence-corrected chi connectivity index (χ3v) is 3.74. The Bertz CT molecular complexity index is 881. The summed E-state index contributed by atoms with van der Waals surface area (Å²) in [6.07, 6.45) is 4.80. The highest BCUT2D eigenvalue weighted by Gasteiger charge is 2.13. The maximum absolute atomic E-state index is 12.3. The molecule has 8 heteroatoms. The molecular formula is C15H21N7O. The van der Waals surface area contributed by atoms with Gasteiger partial charge in [0.25, 0.3) is 5.56 Å². The highest BCUT2D eigenvalue weighted by molar-refractivity contribution is 5.84. The minimum atomic E-state index is -0.184. The van der Waals surface area contributed by atoms with Crippen molar-refractivity contribution in [1.29, 1.82) is 0 Å². The Kier molecular flexibility index (Phi) is 4.24. The first kappa shape index (κ1) is 15.4. The van der Waals surface area contributed by atoms with Gasteiger partial charge in [0.1, 0.15) is 23.2 Å². The lowest BCUT2D eigenvalue weighted by molar-refractivity contribution is 0.405. The Morgan fingerprint density at radius 3 is 2.87 bits per heavy atom. The van der Waals surface area contributed by atoms with Crippen LogP contribution in [0.4, 0.5) is 5.82 Å². The van der Waals surface area contributed by atoms with Gasteiger partial charge in [-0.05, 0) is 27.1 Å². The Hall–Kier alpha value is -2.48. The fourth-order valence-corrected chi connectivity index (χ4v) is 2.61. The summed E-state index contributed by atoms with van der Waals surface area (Å²) < 4.78 is 1.81. The molecule has 0 atom stereocenters. The van der Waals surface area contributed by atoms with Gasteiger partial charge in [0.2, 0.25) is 0 Å². The molecule has 0 saturated carbocycles. The number of nitrogens with one attached hydrogen (secondary N) is 2. The molecule has 0 spiro atoms. The molecule has 0 amide bonds. The lowest BCUT2D eigenvalue weighted by Gasteiger charge is -2.11. The average Bonchev–Trinajstić information content (AvgIpc) is 2.97. The van der Waals surface area contributed by atoms with Gasteiger partial charge in [-0.1, -0.05) is 6.92 Å². The predicted molar refractivity (Wildman–Crippen MR) is 89.9 cm³/mol. The van der Waals surface area contributed by atoms with Gasteiger partial charge in [0.15, 0.2) is 11.5 Å². The van der Waals surface area contributed by atoms with Gasteiger partial charge in [0.05, 0.1) is 6.20 Å². The zero-order chi connectivity index (χ0) is 16.4. The average molecular weight is 315 g/mol. The number of imidazole rings is 1. The molecule has 3 aromatic rings. The Morgan fingerprint density at radius 1 is 1.30 bits per heavy atom. The van der Waals surface area contributed by atoms with Crippen LogP contribution in [0.3, 0.4) is 0 Å². The van der Waals surface area contributed by atoms with Crippen molar-refractivity contribution in [2.24, 2.45) is 0 Å². The molecule has 0 aromatic carbocycles. The second kappa shape index (κ2) is 6.33.